The van der Waals surface area contributed by atoms with Crippen LogP contribution in [0.3, 0.4) is 0 Å². The zero-order valence-corrected chi connectivity index (χ0v) is 16.9. The molecule has 1 aliphatic heterocycles. The molecule has 0 atom stereocenters. The molecule has 0 N–H and O–H groups in total. The van der Waals surface area contributed by atoms with Crippen LogP contribution in [0.15, 0.2) is 29.6 Å². The van der Waals surface area contributed by atoms with Gasteiger partial charge in [0.1, 0.15) is 10.3 Å². The molecule has 0 radical (unpaired) electrons. The lowest BCUT2D eigenvalue weighted by Crippen LogP contribution is -2.49. The Kier molecular flexibility index (Phi) is 5.22. The van der Waals surface area contributed by atoms with Crippen LogP contribution in [-0.2, 0) is 4.79 Å². The van der Waals surface area contributed by atoms with Gasteiger partial charge in [-0.05, 0) is 32.0 Å². The Labute approximate surface area is 165 Å². The number of thioether (sulfide) groups is 1. The fourth-order valence-corrected chi connectivity index (χ4v) is 4.83. The van der Waals surface area contributed by atoms with Crippen LogP contribution >= 0.6 is 23.1 Å². The predicted octanol–water partition coefficient (Wildman–Crippen LogP) is 2.54. The third-order valence-corrected chi connectivity index (χ3v) is 6.22. The Morgan fingerprint density at radius 1 is 1.15 bits per heavy atom. The Morgan fingerprint density at radius 3 is 2.59 bits per heavy atom. The highest BCUT2D eigenvalue weighted by Crippen LogP contribution is 2.27. The Hall–Kier alpha value is -2.26. The van der Waals surface area contributed by atoms with Gasteiger partial charge >= 0.3 is 0 Å². The molecule has 7 nitrogen and oxygen atoms in total. The quantitative estimate of drug-likeness (QED) is 0.492. The minimum atomic E-state index is 0.133. The van der Waals surface area contributed by atoms with Crippen molar-refractivity contribution in [1.29, 1.82) is 0 Å². The van der Waals surface area contributed by atoms with Crippen molar-refractivity contribution in [2.24, 2.45) is 0 Å². The number of aromatic nitrogens is 4. The van der Waals surface area contributed by atoms with E-state index in [1.807, 2.05) is 36.9 Å². The topological polar surface area (TPSA) is 75.1 Å². The van der Waals surface area contributed by atoms with Crippen molar-refractivity contribution >= 4 is 44.5 Å². The van der Waals surface area contributed by atoms with Gasteiger partial charge in [-0.25, -0.2) is 19.9 Å². The maximum atomic E-state index is 12.5. The number of amides is 1. The molecule has 0 saturated carbocycles. The number of hydrogen-bond acceptors (Lipinski definition) is 8. The van der Waals surface area contributed by atoms with E-state index in [1.54, 1.807) is 17.5 Å². The molecular formula is C18H20N6OS2. The predicted molar refractivity (Wildman–Crippen MR) is 108 cm³/mol. The standard InChI is InChI=1S/C18H20N6OS2/c1-12-10-13(2)21-17(20-12)26-11-15(25)23-6-8-24(9-7-23)18-22-14-4-3-5-19-16(14)27-18/h3-5,10H,6-9,11H2,1-2H3. The van der Waals surface area contributed by atoms with Crippen molar-refractivity contribution < 1.29 is 4.79 Å². The first-order chi connectivity index (χ1) is 13.1. The second kappa shape index (κ2) is 7.77. The second-order valence-electron chi connectivity index (χ2n) is 6.41. The molecule has 0 aliphatic carbocycles. The van der Waals surface area contributed by atoms with Gasteiger partial charge in [0.15, 0.2) is 10.3 Å². The Morgan fingerprint density at radius 2 is 1.89 bits per heavy atom. The summed E-state index contributed by atoms with van der Waals surface area (Å²) in [5.41, 5.74) is 2.79. The monoisotopic (exact) mass is 400 g/mol. The summed E-state index contributed by atoms with van der Waals surface area (Å²) in [6.07, 6.45) is 1.79. The van der Waals surface area contributed by atoms with Gasteiger partial charge in [0, 0.05) is 43.8 Å². The second-order valence-corrected chi connectivity index (χ2v) is 8.31. The molecule has 1 aliphatic rings. The number of anilines is 1. The van der Waals surface area contributed by atoms with Crippen molar-refractivity contribution in [3.63, 3.8) is 0 Å². The van der Waals surface area contributed by atoms with E-state index in [-0.39, 0.29) is 5.91 Å². The van der Waals surface area contributed by atoms with E-state index in [9.17, 15) is 4.79 Å². The lowest BCUT2D eigenvalue weighted by molar-refractivity contribution is -0.128. The molecule has 1 amide bonds. The SMILES string of the molecule is Cc1cc(C)nc(SCC(=O)N2CCN(c3nc4cccnc4s3)CC2)n1. The van der Waals surface area contributed by atoms with Crippen LogP contribution in [0.4, 0.5) is 5.13 Å². The number of pyridine rings is 1. The molecule has 1 fully saturated rings. The zero-order valence-electron chi connectivity index (χ0n) is 15.3. The molecule has 0 unspecified atom stereocenters. The highest BCUT2D eigenvalue weighted by Gasteiger charge is 2.23. The minimum absolute atomic E-state index is 0.133. The van der Waals surface area contributed by atoms with E-state index < -0.39 is 0 Å². The highest BCUT2D eigenvalue weighted by atomic mass is 32.2. The van der Waals surface area contributed by atoms with Gasteiger partial charge < -0.3 is 9.80 Å². The van der Waals surface area contributed by atoms with E-state index in [4.69, 9.17) is 0 Å². The van der Waals surface area contributed by atoms with Gasteiger partial charge in [0.05, 0.1) is 5.75 Å². The third-order valence-electron chi connectivity index (χ3n) is 4.34. The molecule has 1 saturated heterocycles. The zero-order chi connectivity index (χ0) is 18.8. The van der Waals surface area contributed by atoms with Crippen molar-refractivity contribution in [2.75, 3.05) is 36.8 Å². The molecule has 0 spiro atoms. The highest BCUT2D eigenvalue weighted by molar-refractivity contribution is 7.99. The summed E-state index contributed by atoms with van der Waals surface area (Å²) >= 11 is 3.01. The molecule has 4 heterocycles. The van der Waals surface area contributed by atoms with Crippen molar-refractivity contribution in [3.8, 4) is 0 Å². The molecular weight excluding hydrogens is 380 g/mol. The summed E-state index contributed by atoms with van der Waals surface area (Å²) in [4.78, 5) is 35.4. The Balaban J connectivity index is 1.32. The summed E-state index contributed by atoms with van der Waals surface area (Å²) in [6, 6.07) is 5.82. The van der Waals surface area contributed by atoms with E-state index >= 15 is 0 Å². The van der Waals surface area contributed by atoms with Gasteiger partial charge in [-0.1, -0.05) is 23.1 Å². The molecule has 3 aromatic heterocycles. The van der Waals surface area contributed by atoms with Gasteiger partial charge in [-0.15, -0.1) is 0 Å². The maximum Gasteiger partial charge on any atom is 0.233 e. The van der Waals surface area contributed by atoms with E-state index in [0.29, 0.717) is 24.0 Å². The molecule has 0 aromatic carbocycles. The average Bonchev–Trinajstić information content (AvgIpc) is 3.10. The number of carbonyl (C=O) groups excluding carboxylic acids is 1. The summed E-state index contributed by atoms with van der Waals surface area (Å²) < 4.78 is 0. The third kappa shape index (κ3) is 4.19. The lowest BCUT2D eigenvalue weighted by atomic mass is 10.3. The molecule has 27 heavy (non-hydrogen) atoms. The van der Waals surface area contributed by atoms with Crippen molar-refractivity contribution in [2.45, 2.75) is 19.0 Å². The van der Waals surface area contributed by atoms with Gasteiger partial charge in [0.25, 0.3) is 0 Å². The molecule has 3 aromatic rings. The fourth-order valence-electron chi connectivity index (χ4n) is 3.02. The number of fused-ring (bicyclic) bond motifs is 1. The lowest BCUT2D eigenvalue weighted by Gasteiger charge is -2.34. The number of nitrogens with zero attached hydrogens (tertiary/aromatic N) is 6. The number of aryl methyl sites for hydroxylation is 2. The first-order valence-corrected chi connectivity index (χ1v) is 10.6. The molecule has 0 bridgehead atoms. The van der Waals surface area contributed by atoms with Crippen LogP contribution in [0.25, 0.3) is 10.3 Å². The molecule has 4 rings (SSSR count). The van der Waals surface area contributed by atoms with Crippen molar-refractivity contribution in [3.05, 3.63) is 35.8 Å². The van der Waals surface area contributed by atoms with Crippen LogP contribution < -0.4 is 4.90 Å². The van der Waals surface area contributed by atoms with Gasteiger partial charge in [0.2, 0.25) is 5.91 Å². The first kappa shape index (κ1) is 18.1. The smallest absolute Gasteiger partial charge is 0.233 e. The van der Waals surface area contributed by atoms with E-state index in [0.717, 1.165) is 40.0 Å². The summed E-state index contributed by atoms with van der Waals surface area (Å²) in [7, 11) is 0. The van der Waals surface area contributed by atoms with Crippen LogP contribution in [0.5, 0.6) is 0 Å². The molecule has 140 valence electrons. The fraction of sp³-hybridized carbons (Fsp3) is 0.389. The number of rotatable bonds is 4. The summed E-state index contributed by atoms with van der Waals surface area (Å²) in [5, 5.41) is 1.65. The Bertz CT molecular complexity index is 914. The number of hydrogen-bond donors (Lipinski definition) is 0. The van der Waals surface area contributed by atoms with E-state index in [2.05, 4.69) is 24.8 Å². The van der Waals surface area contributed by atoms with Crippen LogP contribution in [0, 0.1) is 13.8 Å². The maximum absolute atomic E-state index is 12.5. The minimum Gasteiger partial charge on any atom is -0.344 e. The average molecular weight is 401 g/mol. The van der Waals surface area contributed by atoms with Gasteiger partial charge in [-0.2, -0.15) is 0 Å². The summed E-state index contributed by atoms with van der Waals surface area (Å²) in [6.45, 7) is 6.87. The van der Waals surface area contributed by atoms with Gasteiger partial charge in [-0.3, -0.25) is 4.79 Å². The largest absolute Gasteiger partial charge is 0.344 e. The first-order valence-electron chi connectivity index (χ1n) is 8.78. The van der Waals surface area contributed by atoms with Crippen LogP contribution in [-0.4, -0.2) is 62.7 Å². The summed E-state index contributed by atoms with van der Waals surface area (Å²) in [5.74, 6) is 0.502. The van der Waals surface area contributed by atoms with E-state index in [1.165, 1.54) is 11.8 Å². The van der Waals surface area contributed by atoms with Crippen LogP contribution in [0.2, 0.25) is 0 Å². The molecule has 9 heteroatoms. The number of thiazole rings is 1. The number of piperazine rings is 1. The van der Waals surface area contributed by atoms with Crippen LogP contribution in [0.1, 0.15) is 11.4 Å². The normalized spacial score (nSPS) is 14.7. The van der Waals surface area contributed by atoms with Crippen molar-refractivity contribution in [1.82, 2.24) is 24.8 Å². The number of carbonyl (C=O) groups is 1.